The molecule has 6 rings (SSSR count). The van der Waals surface area contributed by atoms with Crippen molar-refractivity contribution in [2.45, 2.75) is 25.8 Å². The van der Waals surface area contributed by atoms with Crippen molar-refractivity contribution in [2.75, 3.05) is 26.3 Å². The van der Waals surface area contributed by atoms with Gasteiger partial charge in [0, 0.05) is 31.6 Å². The predicted octanol–water partition coefficient (Wildman–Crippen LogP) is 2.96. The lowest BCUT2D eigenvalue weighted by Crippen LogP contribution is -2.43. The third kappa shape index (κ3) is 4.22. The van der Waals surface area contributed by atoms with E-state index in [1.165, 1.54) is 11.6 Å². The second-order valence-corrected chi connectivity index (χ2v) is 10.8. The molecule has 3 aliphatic carbocycles. The Morgan fingerprint density at radius 2 is 1.72 bits per heavy atom. The van der Waals surface area contributed by atoms with E-state index in [0.717, 1.165) is 44.0 Å². The summed E-state index contributed by atoms with van der Waals surface area (Å²) in [5.74, 6) is -5.29. The second kappa shape index (κ2) is 9.66. The molecule has 5 N–H and O–H groups in total. The van der Waals surface area contributed by atoms with Gasteiger partial charge in [-0.15, -0.1) is 0 Å². The molecule has 202 valence electrons. The molecule has 2 aromatic carbocycles. The lowest BCUT2D eigenvalue weighted by atomic mass is 9.62. The Morgan fingerprint density at radius 1 is 1.00 bits per heavy atom. The average Bonchev–Trinajstić information content (AvgIpc) is 2.89. The van der Waals surface area contributed by atoms with Gasteiger partial charge >= 0.3 is 0 Å². The molecule has 4 aliphatic rings. The zero-order chi connectivity index (χ0) is 27.4. The normalized spacial score (nSPS) is 25.3. The van der Waals surface area contributed by atoms with Gasteiger partial charge in [0.25, 0.3) is 5.91 Å². The summed E-state index contributed by atoms with van der Waals surface area (Å²) in [7, 11) is 0. The number of benzene rings is 2. The Bertz CT molecular complexity index is 1450. The van der Waals surface area contributed by atoms with E-state index >= 15 is 0 Å². The summed E-state index contributed by atoms with van der Waals surface area (Å²) in [5, 5.41) is 32.3. The van der Waals surface area contributed by atoms with E-state index < -0.39 is 40.8 Å². The van der Waals surface area contributed by atoms with Crippen molar-refractivity contribution < 1.29 is 34.4 Å². The Morgan fingerprint density at radius 3 is 2.41 bits per heavy atom. The zero-order valence-corrected chi connectivity index (χ0v) is 21.4. The van der Waals surface area contributed by atoms with Crippen molar-refractivity contribution in [3.05, 3.63) is 75.8 Å². The number of hydrogen-bond donors (Lipinski definition) is 4. The SMILES string of the molecule is NC(=O)C1=C(O)CC2CC3Cc4c(-c5ccc(CN6CCOCC6)cc5)ccc(O)c4C(=O)C3=C(O)C2C1=O. The van der Waals surface area contributed by atoms with Gasteiger partial charge < -0.3 is 25.8 Å². The van der Waals surface area contributed by atoms with Crippen molar-refractivity contribution in [2.24, 2.45) is 23.5 Å². The molecular formula is C30H30N2O7. The maximum absolute atomic E-state index is 13.7. The van der Waals surface area contributed by atoms with Crippen LogP contribution in [-0.2, 0) is 27.3 Å². The Balaban J connectivity index is 1.35. The minimum Gasteiger partial charge on any atom is -0.511 e. The number of phenols is 1. The molecule has 0 spiro atoms. The number of Topliss-reactive ketones (excluding diaryl/α,β-unsaturated/α-hetero) is 2. The quantitative estimate of drug-likeness (QED) is 0.441. The van der Waals surface area contributed by atoms with Crippen LogP contribution in [0.15, 0.2) is 59.1 Å². The van der Waals surface area contributed by atoms with E-state index in [-0.39, 0.29) is 34.8 Å². The Hall–Kier alpha value is -3.95. The van der Waals surface area contributed by atoms with Crippen molar-refractivity contribution in [3.63, 3.8) is 0 Å². The largest absolute Gasteiger partial charge is 0.511 e. The summed E-state index contributed by atoms with van der Waals surface area (Å²) in [5.41, 5.74) is 8.60. The van der Waals surface area contributed by atoms with Crippen molar-refractivity contribution in [1.29, 1.82) is 0 Å². The fourth-order valence-corrected chi connectivity index (χ4v) is 6.72. The maximum Gasteiger partial charge on any atom is 0.255 e. The number of ether oxygens (including phenoxy) is 1. The van der Waals surface area contributed by atoms with Crippen molar-refractivity contribution >= 4 is 17.5 Å². The molecule has 1 saturated heterocycles. The highest BCUT2D eigenvalue weighted by molar-refractivity contribution is 6.22. The average molecular weight is 531 g/mol. The van der Waals surface area contributed by atoms with Gasteiger partial charge in [0.2, 0.25) is 0 Å². The molecule has 0 bridgehead atoms. The Labute approximate surface area is 225 Å². The number of hydrogen-bond acceptors (Lipinski definition) is 8. The molecule has 3 atom stereocenters. The van der Waals surface area contributed by atoms with E-state index in [2.05, 4.69) is 17.0 Å². The number of ketones is 2. The first kappa shape index (κ1) is 25.3. The van der Waals surface area contributed by atoms with Crippen LogP contribution in [0.2, 0.25) is 0 Å². The van der Waals surface area contributed by atoms with E-state index in [0.29, 0.717) is 18.4 Å². The third-order valence-corrected chi connectivity index (χ3v) is 8.54. The number of nitrogens with zero attached hydrogens (tertiary/aromatic N) is 1. The van der Waals surface area contributed by atoms with Gasteiger partial charge in [-0.25, -0.2) is 0 Å². The number of carbonyl (C=O) groups excluding carboxylic acids is 3. The van der Waals surface area contributed by atoms with Crippen LogP contribution >= 0.6 is 0 Å². The molecule has 2 aromatic rings. The van der Waals surface area contributed by atoms with Gasteiger partial charge in [0.05, 0.1) is 24.7 Å². The van der Waals surface area contributed by atoms with Crippen LogP contribution in [0.25, 0.3) is 11.1 Å². The molecule has 9 heteroatoms. The molecule has 0 radical (unpaired) electrons. The Kier molecular flexibility index (Phi) is 6.28. The first-order chi connectivity index (χ1) is 18.7. The lowest BCUT2D eigenvalue weighted by molar-refractivity contribution is -0.126. The van der Waals surface area contributed by atoms with Gasteiger partial charge in [0.1, 0.15) is 22.8 Å². The highest BCUT2D eigenvalue weighted by atomic mass is 16.5. The summed E-state index contributed by atoms with van der Waals surface area (Å²) in [4.78, 5) is 40.9. The molecule has 9 nitrogen and oxygen atoms in total. The highest BCUT2D eigenvalue weighted by Crippen LogP contribution is 2.50. The standard InChI is InChI=1S/C30H30N2O7/c31-30(38)26-22(34)13-18-11-17-12-20-19(16-3-1-15(2-4-16)14-32-7-9-39-10-8-32)5-6-21(33)25(20)28(36)23(17)27(35)24(18)29(26)37/h1-6,17-18,24,33-35H,7-14H2,(H2,31,38). The van der Waals surface area contributed by atoms with E-state index in [1.54, 1.807) is 6.07 Å². The number of aliphatic hydroxyl groups excluding tert-OH is 2. The monoisotopic (exact) mass is 530 g/mol. The summed E-state index contributed by atoms with van der Waals surface area (Å²) in [6.45, 7) is 4.08. The first-order valence-electron chi connectivity index (χ1n) is 13.2. The summed E-state index contributed by atoms with van der Waals surface area (Å²) in [6, 6.07) is 11.4. The summed E-state index contributed by atoms with van der Waals surface area (Å²) in [6.07, 6.45) is 0.760. The molecule has 1 fully saturated rings. The molecule has 1 amide bonds. The molecule has 1 aliphatic heterocycles. The predicted molar refractivity (Wildman–Crippen MR) is 141 cm³/mol. The fraction of sp³-hybridized carbons (Fsp3) is 0.367. The molecule has 1 heterocycles. The minimum atomic E-state index is -1.12. The van der Waals surface area contributed by atoms with Crippen molar-refractivity contribution in [1.82, 2.24) is 4.90 Å². The molecule has 0 aromatic heterocycles. The van der Waals surface area contributed by atoms with E-state index in [9.17, 15) is 29.7 Å². The number of aromatic hydroxyl groups is 1. The van der Waals surface area contributed by atoms with Gasteiger partial charge in [-0.05, 0) is 53.0 Å². The zero-order valence-electron chi connectivity index (χ0n) is 21.4. The van der Waals surface area contributed by atoms with Gasteiger partial charge in [-0.1, -0.05) is 30.3 Å². The number of fused-ring (bicyclic) bond motifs is 3. The molecule has 39 heavy (non-hydrogen) atoms. The third-order valence-electron chi connectivity index (χ3n) is 8.54. The van der Waals surface area contributed by atoms with Crippen LogP contribution in [0.5, 0.6) is 5.75 Å². The number of primary amides is 1. The smallest absolute Gasteiger partial charge is 0.255 e. The highest BCUT2D eigenvalue weighted by Gasteiger charge is 2.50. The number of nitrogens with two attached hydrogens (primary N) is 1. The number of allylic oxidation sites excluding steroid dienone is 3. The van der Waals surface area contributed by atoms with Gasteiger partial charge in [-0.3, -0.25) is 19.3 Å². The van der Waals surface area contributed by atoms with E-state index in [4.69, 9.17) is 10.5 Å². The van der Waals surface area contributed by atoms with Gasteiger partial charge in [0.15, 0.2) is 11.6 Å². The fourth-order valence-electron chi connectivity index (χ4n) is 6.72. The maximum atomic E-state index is 13.7. The number of amides is 1. The van der Waals surface area contributed by atoms with E-state index in [1.807, 2.05) is 12.1 Å². The lowest BCUT2D eigenvalue weighted by Gasteiger charge is -2.41. The van der Waals surface area contributed by atoms with Gasteiger partial charge in [-0.2, -0.15) is 0 Å². The molecule has 0 saturated carbocycles. The second-order valence-electron chi connectivity index (χ2n) is 10.8. The molecule has 3 unspecified atom stereocenters. The van der Waals surface area contributed by atoms with Crippen LogP contribution in [0.4, 0.5) is 0 Å². The number of carbonyl (C=O) groups is 3. The van der Waals surface area contributed by atoms with Crippen LogP contribution in [0, 0.1) is 17.8 Å². The first-order valence-corrected chi connectivity index (χ1v) is 13.2. The van der Waals surface area contributed by atoms with Crippen LogP contribution < -0.4 is 5.73 Å². The van der Waals surface area contributed by atoms with Crippen LogP contribution in [0.1, 0.15) is 34.3 Å². The number of aliphatic hydroxyl groups is 2. The van der Waals surface area contributed by atoms with Crippen LogP contribution in [-0.4, -0.2) is 64.0 Å². The minimum absolute atomic E-state index is 0.0149. The topological polar surface area (TPSA) is 150 Å². The summed E-state index contributed by atoms with van der Waals surface area (Å²) >= 11 is 0. The number of phenolic OH excluding ortho intramolecular Hbond substituents is 1. The van der Waals surface area contributed by atoms with Crippen LogP contribution in [0.3, 0.4) is 0 Å². The number of rotatable bonds is 4. The molecular weight excluding hydrogens is 500 g/mol. The summed E-state index contributed by atoms with van der Waals surface area (Å²) < 4.78 is 5.43. The van der Waals surface area contributed by atoms with Crippen molar-refractivity contribution in [3.8, 4) is 16.9 Å². The number of morpholine rings is 1.